The molecular weight excluding hydrogens is 260 g/mol. The van der Waals surface area contributed by atoms with Gasteiger partial charge in [-0.25, -0.2) is 4.98 Å². The molecule has 0 spiro atoms. The molecule has 0 fully saturated rings. The Balaban J connectivity index is 1.90. The van der Waals surface area contributed by atoms with E-state index >= 15 is 0 Å². The van der Waals surface area contributed by atoms with Crippen molar-refractivity contribution in [2.24, 2.45) is 0 Å². The third-order valence-corrected chi connectivity index (χ3v) is 3.59. The predicted molar refractivity (Wildman–Crippen MR) is 76.0 cm³/mol. The van der Waals surface area contributed by atoms with Gasteiger partial charge in [-0.1, -0.05) is 6.07 Å². The summed E-state index contributed by atoms with van der Waals surface area (Å²) in [4.78, 5) is 21.9. The molecule has 0 aliphatic heterocycles. The molecule has 2 aromatic rings. The summed E-state index contributed by atoms with van der Waals surface area (Å²) >= 11 is 1.41. The zero-order valence-corrected chi connectivity index (χ0v) is 11.7. The lowest BCUT2D eigenvalue weighted by molar-refractivity contribution is -0.117. The van der Waals surface area contributed by atoms with Crippen LogP contribution in [0.2, 0.25) is 0 Å². The molecule has 100 valence electrons. The van der Waals surface area contributed by atoms with Gasteiger partial charge in [0.05, 0.1) is 6.54 Å². The molecule has 19 heavy (non-hydrogen) atoms. The van der Waals surface area contributed by atoms with Gasteiger partial charge in [0.2, 0.25) is 5.91 Å². The van der Waals surface area contributed by atoms with Crippen molar-refractivity contribution in [3.05, 3.63) is 41.7 Å². The van der Waals surface area contributed by atoms with Gasteiger partial charge >= 0.3 is 0 Å². The van der Waals surface area contributed by atoms with Crippen molar-refractivity contribution < 1.29 is 4.79 Å². The number of likely N-dealkylation sites (N-methyl/N-ethyl adjacent to an activating group) is 1. The average molecular weight is 276 g/mol. The fourth-order valence-corrected chi connectivity index (χ4v) is 2.23. The first kappa shape index (κ1) is 13.6. The van der Waals surface area contributed by atoms with E-state index in [1.165, 1.54) is 11.3 Å². The summed E-state index contributed by atoms with van der Waals surface area (Å²) in [5, 5.41) is 5.23. The van der Waals surface area contributed by atoms with Crippen LogP contribution in [-0.2, 0) is 4.79 Å². The van der Waals surface area contributed by atoms with Crippen molar-refractivity contribution in [1.29, 1.82) is 0 Å². The van der Waals surface area contributed by atoms with Gasteiger partial charge in [0.25, 0.3) is 0 Å². The van der Waals surface area contributed by atoms with E-state index in [2.05, 4.69) is 15.3 Å². The SMILES string of the molecule is C[C@H](c1cccnc1)N(C)CC(=O)Nc1nccs1. The maximum Gasteiger partial charge on any atom is 0.240 e. The number of pyridine rings is 1. The second-order valence-electron chi connectivity index (χ2n) is 4.26. The number of nitrogens with zero attached hydrogens (tertiary/aromatic N) is 3. The topological polar surface area (TPSA) is 58.1 Å². The molecule has 1 atom stereocenters. The second kappa shape index (κ2) is 6.40. The van der Waals surface area contributed by atoms with Crippen molar-refractivity contribution in [3.8, 4) is 0 Å². The molecule has 2 aromatic heterocycles. The van der Waals surface area contributed by atoms with Gasteiger partial charge in [-0.15, -0.1) is 11.3 Å². The standard InChI is InChI=1S/C13H16N4OS/c1-10(11-4-3-5-14-8-11)17(2)9-12(18)16-13-15-6-7-19-13/h3-8,10H,9H2,1-2H3,(H,15,16,18)/t10-/m1/s1. The van der Waals surface area contributed by atoms with Crippen molar-refractivity contribution in [1.82, 2.24) is 14.9 Å². The molecule has 0 saturated heterocycles. The molecule has 0 bridgehead atoms. The first-order chi connectivity index (χ1) is 9.16. The molecule has 1 N–H and O–H groups in total. The van der Waals surface area contributed by atoms with E-state index in [1.54, 1.807) is 12.4 Å². The number of amides is 1. The van der Waals surface area contributed by atoms with E-state index in [-0.39, 0.29) is 11.9 Å². The number of thiazole rings is 1. The molecule has 2 rings (SSSR count). The van der Waals surface area contributed by atoms with Gasteiger partial charge in [-0.3, -0.25) is 14.7 Å². The van der Waals surface area contributed by atoms with Crippen LogP contribution in [0.4, 0.5) is 5.13 Å². The minimum atomic E-state index is -0.0619. The summed E-state index contributed by atoms with van der Waals surface area (Å²) in [5.41, 5.74) is 1.09. The zero-order valence-electron chi connectivity index (χ0n) is 10.9. The number of anilines is 1. The predicted octanol–water partition coefficient (Wildman–Crippen LogP) is 2.17. The van der Waals surface area contributed by atoms with E-state index in [0.717, 1.165) is 5.56 Å². The molecule has 6 heteroatoms. The normalized spacial score (nSPS) is 12.4. The summed E-state index contributed by atoms with van der Waals surface area (Å²) in [7, 11) is 1.92. The highest BCUT2D eigenvalue weighted by Gasteiger charge is 2.15. The highest BCUT2D eigenvalue weighted by atomic mass is 32.1. The van der Waals surface area contributed by atoms with E-state index < -0.39 is 0 Å². The van der Waals surface area contributed by atoms with Crippen LogP contribution in [0, 0.1) is 0 Å². The summed E-state index contributed by atoms with van der Waals surface area (Å²) < 4.78 is 0. The van der Waals surface area contributed by atoms with Gasteiger partial charge in [-0.05, 0) is 25.6 Å². The molecule has 0 saturated carbocycles. The Hall–Kier alpha value is -1.79. The fraction of sp³-hybridized carbons (Fsp3) is 0.308. The Kier molecular flexibility index (Phi) is 4.59. The lowest BCUT2D eigenvalue weighted by atomic mass is 10.1. The van der Waals surface area contributed by atoms with Crippen molar-refractivity contribution in [2.75, 3.05) is 18.9 Å². The van der Waals surface area contributed by atoms with Gasteiger partial charge in [0.1, 0.15) is 0 Å². The summed E-state index contributed by atoms with van der Waals surface area (Å²) in [6, 6.07) is 4.04. The number of nitrogens with one attached hydrogen (secondary N) is 1. The summed E-state index contributed by atoms with van der Waals surface area (Å²) in [5.74, 6) is -0.0619. The fourth-order valence-electron chi connectivity index (χ4n) is 1.68. The minimum Gasteiger partial charge on any atom is -0.301 e. The first-order valence-corrected chi connectivity index (χ1v) is 6.84. The molecule has 0 radical (unpaired) electrons. The van der Waals surface area contributed by atoms with Crippen LogP contribution in [-0.4, -0.2) is 34.4 Å². The lowest BCUT2D eigenvalue weighted by Crippen LogP contribution is -2.32. The van der Waals surface area contributed by atoms with Crippen molar-refractivity contribution in [3.63, 3.8) is 0 Å². The van der Waals surface area contributed by atoms with E-state index in [4.69, 9.17) is 0 Å². The Morgan fingerprint density at radius 3 is 3.00 bits per heavy atom. The number of rotatable bonds is 5. The Labute approximate surface area is 116 Å². The van der Waals surface area contributed by atoms with Crippen LogP contribution < -0.4 is 5.32 Å². The maximum atomic E-state index is 11.9. The van der Waals surface area contributed by atoms with E-state index in [1.807, 2.05) is 42.6 Å². The highest BCUT2D eigenvalue weighted by molar-refractivity contribution is 7.13. The van der Waals surface area contributed by atoms with Gasteiger partial charge < -0.3 is 5.32 Å². The molecule has 0 unspecified atom stereocenters. The van der Waals surface area contributed by atoms with Crippen LogP contribution in [0.3, 0.4) is 0 Å². The van der Waals surface area contributed by atoms with Crippen LogP contribution in [0.15, 0.2) is 36.1 Å². The second-order valence-corrected chi connectivity index (χ2v) is 5.16. The van der Waals surface area contributed by atoms with Crippen LogP contribution in [0.1, 0.15) is 18.5 Å². The number of hydrogen-bond acceptors (Lipinski definition) is 5. The van der Waals surface area contributed by atoms with Crippen LogP contribution >= 0.6 is 11.3 Å². The largest absolute Gasteiger partial charge is 0.301 e. The first-order valence-electron chi connectivity index (χ1n) is 5.96. The molecule has 0 aliphatic carbocycles. The number of aromatic nitrogens is 2. The molecule has 0 aromatic carbocycles. The molecule has 2 heterocycles. The Morgan fingerprint density at radius 2 is 2.37 bits per heavy atom. The van der Waals surface area contributed by atoms with Crippen molar-refractivity contribution in [2.45, 2.75) is 13.0 Å². The van der Waals surface area contributed by atoms with E-state index in [0.29, 0.717) is 11.7 Å². The highest BCUT2D eigenvalue weighted by Crippen LogP contribution is 2.17. The average Bonchev–Trinajstić information content (AvgIpc) is 2.91. The third kappa shape index (κ3) is 3.84. The molecular formula is C13H16N4OS. The number of carbonyl (C=O) groups is 1. The van der Waals surface area contributed by atoms with Crippen LogP contribution in [0.25, 0.3) is 0 Å². The summed E-state index contributed by atoms with van der Waals surface area (Å²) in [6.45, 7) is 2.36. The third-order valence-electron chi connectivity index (χ3n) is 2.90. The van der Waals surface area contributed by atoms with Gasteiger partial charge in [0.15, 0.2) is 5.13 Å². The van der Waals surface area contributed by atoms with Crippen molar-refractivity contribution >= 4 is 22.4 Å². The van der Waals surface area contributed by atoms with Gasteiger partial charge in [0, 0.05) is 30.0 Å². The Bertz CT molecular complexity index is 515. The minimum absolute atomic E-state index is 0.0619. The smallest absolute Gasteiger partial charge is 0.240 e. The number of carbonyl (C=O) groups excluding carboxylic acids is 1. The lowest BCUT2D eigenvalue weighted by Gasteiger charge is -2.23. The Morgan fingerprint density at radius 1 is 1.53 bits per heavy atom. The zero-order chi connectivity index (χ0) is 13.7. The monoisotopic (exact) mass is 276 g/mol. The summed E-state index contributed by atoms with van der Waals surface area (Å²) in [6.07, 6.45) is 5.23. The molecule has 0 aliphatic rings. The van der Waals surface area contributed by atoms with Crippen LogP contribution in [0.5, 0.6) is 0 Å². The molecule has 1 amide bonds. The molecule has 5 nitrogen and oxygen atoms in total. The number of hydrogen-bond donors (Lipinski definition) is 1. The van der Waals surface area contributed by atoms with Gasteiger partial charge in [-0.2, -0.15) is 0 Å². The van der Waals surface area contributed by atoms with E-state index in [9.17, 15) is 4.79 Å². The quantitative estimate of drug-likeness (QED) is 0.909. The maximum absolute atomic E-state index is 11.9.